The summed E-state index contributed by atoms with van der Waals surface area (Å²) in [6.07, 6.45) is 4.12. The first-order chi connectivity index (χ1) is 14.9. The summed E-state index contributed by atoms with van der Waals surface area (Å²) >= 11 is 1.49. The molecule has 2 aromatic rings. The van der Waals surface area contributed by atoms with Gasteiger partial charge in [-0.1, -0.05) is 12.5 Å². The highest BCUT2D eigenvalue weighted by Crippen LogP contribution is 2.37. The maximum Gasteiger partial charge on any atom is 0.411 e. The lowest BCUT2D eigenvalue weighted by Crippen LogP contribution is -2.40. The summed E-state index contributed by atoms with van der Waals surface area (Å²) in [6.45, 7) is 9.80. The fourth-order valence-electron chi connectivity index (χ4n) is 3.48. The van der Waals surface area contributed by atoms with E-state index < -0.39 is 21.7 Å². The number of aromatic nitrogens is 1. The first kappa shape index (κ1) is 24.6. The monoisotopic (exact) mass is 480 g/mol. The maximum absolute atomic E-state index is 13.3. The summed E-state index contributed by atoms with van der Waals surface area (Å²) in [5, 5.41) is 7.04. The molecule has 1 amide bonds. The molecule has 0 aliphatic carbocycles. The molecule has 0 bridgehead atoms. The van der Waals surface area contributed by atoms with E-state index in [9.17, 15) is 13.2 Å². The third-order valence-electron chi connectivity index (χ3n) is 4.70. The number of thiazole rings is 1. The second kappa shape index (κ2) is 9.86. The van der Waals surface area contributed by atoms with E-state index in [0.29, 0.717) is 11.3 Å². The van der Waals surface area contributed by atoms with Crippen molar-refractivity contribution in [3.8, 4) is 10.4 Å². The summed E-state index contributed by atoms with van der Waals surface area (Å²) in [5.41, 5.74) is 0.220. The van der Waals surface area contributed by atoms with Crippen LogP contribution in [0.15, 0.2) is 29.3 Å². The smallest absolute Gasteiger partial charge is 0.411 e. The van der Waals surface area contributed by atoms with Gasteiger partial charge in [0, 0.05) is 23.0 Å². The molecular formula is C22H32N4O4S2. The molecule has 1 unspecified atom stereocenters. The van der Waals surface area contributed by atoms with E-state index >= 15 is 0 Å². The Labute approximate surface area is 194 Å². The van der Waals surface area contributed by atoms with Gasteiger partial charge in [-0.15, -0.1) is 11.3 Å². The molecule has 1 aliphatic rings. The Hall–Kier alpha value is -2.01. The van der Waals surface area contributed by atoms with E-state index in [-0.39, 0.29) is 17.0 Å². The number of sulfonamides is 1. The second-order valence-electron chi connectivity index (χ2n) is 9.21. The lowest BCUT2D eigenvalue weighted by Gasteiger charge is -2.22. The molecule has 3 N–H and O–H groups in total. The third kappa shape index (κ3) is 6.50. The van der Waals surface area contributed by atoms with Crippen LogP contribution in [-0.4, -0.2) is 37.7 Å². The molecule has 32 heavy (non-hydrogen) atoms. The van der Waals surface area contributed by atoms with Gasteiger partial charge in [-0.2, -0.15) is 0 Å². The number of carbonyl (C=O) groups excluding carboxylic acids is 1. The molecule has 1 atom stereocenters. The fourth-order valence-corrected chi connectivity index (χ4v) is 6.28. The van der Waals surface area contributed by atoms with Crippen molar-refractivity contribution >= 4 is 33.1 Å². The van der Waals surface area contributed by atoms with Gasteiger partial charge < -0.3 is 10.1 Å². The minimum absolute atomic E-state index is 0.0848. The van der Waals surface area contributed by atoms with Crippen LogP contribution in [0, 0.1) is 0 Å². The van der Waals surface area contributed by atoms with Crippen molar-refractivity contribution in [1.29, 1.82) is 0 Å². The molecule has 0 spiro atoms. The SMILES string of the molecule is CC(C)OC(=O)Nc1ccc(-c2cnc(C3CCCCN3)s2)c(S(=O)(=O)NC(C)(C)C)c1. The summed E-state index contributed by atoms with van der Waals surface area (Å²) in [7, 11) is -3.87. The van der Waals surface area contributed by atoms with Gasteiger partial charge in [0.15, 0.2) is 0 Å². The van der Waals surface area contributed by atoms with Crippen molar-refractivity contribution < 1.29 is 17.9 Å². The van der Waals surface area contributed by atoms with Crippen LogP contribution in [0.25, 0.3) is 10.4 Å². The standard InChI is InChI=1S/C22H32N4O4S2/c1-14(2)30-21(27)25-15-9-10-16(19(12-15)32(28,29)26-22(3,4)5)18-13-24-20(31-18)17-8-6-7-11-23-17/h9-10,12-14,17,23,26H,6-8,11H2,1-5H3,(H,25,27). The quantitative estimate of drug-likeness (QED) is 0.555. The molecular weight excluding hydrogens is 448 g/mol. The highest BCUT2D eigenvalue weighted by molar-refractivity contribution is 7.89. The Morgan fingerprint density at radius 3 is 2.66 bits per heavy atom. The summed E-state index contributed by atoms with van der Waals surface area (Å²) < 4.78 is 34.4. The Balaban J connectivity index is 1.99. The first-order valence-electron chi connectivity index (χ1n) is 10.8. The minimum atomic E-state index is -3.87. The number of nitrogens with one attached hydrogen (secondary N) is 3. The molecule has 1 aromatic carbocycles. The average molecular weight is 481 g/mol. The Bertz CT molecular complexity index is 1050. The van der Waals surface area contributed by atoms with Crippen molar-refractivity contribution in [1.82, 2.24) is 15.0 Å². The van der Waals surface area contributed by atoms with Crippen molar-refractivity contribution in [3.05, 3.63) is 29.4 Å². The number of anilines is 1. The van der Waals surface area contributed by atoms with Crippen molar-refractivity contribution in [3.63, 3.8) is 0 Å². The third-order valence-corrected chi connectivity index (χ3v) is 7.64. The van der Waals surface area contributed by atoms with E-state index in [0.717, 1.165) is 35.7 Å². The number of hydrogen-bond donors (Lipinski definition) is 3. The number of hydrogen-bond acceptors (Lipinski definition) is 7. The second-order valence-corrected chi connectivity index (χ2v) is 11.9. The van der Waals surface area contributed by atoms with Crippen molar-refractivity contribution in [2.45, 2.75) is 76.5 Å². The molecule has 1 fully saturated rings. The molecule has 10 heteroatoms. The largest absolute Gasteiger partial charge is 0.447 e. The predicted octanol–water partition coefficient (Wildman–Crippen LogP) is 4.66. The lowest BCUT2D eigenvalue weighted by molar-refractivity contribution is 0.130. The zero-order valence-corrected chi connectivity index (χ0v) is 20.8. The van der Waals surface area contributed by atoms with Crippen LogP contribution >= 0.6 is 11.3 Å². The molecule has 1 saturated heterocycles. The number of nitrogens with zero attached hydrogens (tertiary/aromatic N) is 1. The summed E-state index contributed by atoms with van der Waals surface area (Å²) in [6, 6.07) is 5.03. The Morgan fingerprint density at radius 1 is 1.28 bits per heavy atom. The zero-order valence-electron chi connectivity index (χ0n) is 19.2. The fraction of sp³-hybridized carbons (Fsp3) is 0.545. The van der Waals surface area contributed by atoms with Gasteiger partial charge in [0.1, 0.15) is 5.01 Å². The number of carbonyl (C=O) groups is 1. The van der Waals surface area contributed by atoms with Crippen LogP contribution in [-0.2, 0) is 14.8 Å². The first-order valence-corrected chi connectivity index (χ1v) is 13.1. The van der Waals surface area contributed by atoms with E-state index in [1.165, 1.54) is 17.4 Å². The Morgan fingerprint density at radius 2 is 2.03 bits per heavy atom. The molecule has 176 valence electrons. The average Bonchev–Trinajstić information content (AvgIpc) is 3.16. The van der Waals surface area contributed by atoms with Gasteiger partial charge in [-0.05, 0) is 66.1 Å². The normalized spacial score (nSPS) is 17.4. The molecule has 8 nitrogen and oxygen atoms in total. The van der Waals surface area contributed by atoms with Gasteiger partial charge in [0.2, 0.25) is 10.0 Å². The van der Waals surface area contributed by atoms with E-state index in [1.807, 2.05) is 0 Å². The van der Waals surface area contributed by atoms with E-state index in [1.54, 1.807) is 52.9 Å². The molecule has 0 radical (unpaired) electrons. The van der Waals surface area contributed by atoms with Gasteiger partial charge in [0.25, 0.3) is 0 Å². The van der Waals surface area contributed by atoms with Crippen molar-refractivity contribution in [2.24, 2.45) is 0 Å². The predicted molar refractivity (Wildman–Crippen MR) is 127 cm³/mol. The topological polar surface area (TPSA) is 109 Å². The van der Waals surface area contributed by atoms with Gasteiger partial charge >= 0.3 is 6.09 Å². The summed E-state index contributed by atoms with van der Waals surface area (Å²) in [5.74, 6) is 0. The van der Waals surface area contributed by atoms with E-state index in [2.05, 4.69) is 20.3 Å². The van der Waals surface area contributed by atoms with Crippen LogP contribution in [0.3, 0.4) is 0 Å². The highest BCUT2D eigenvalue weighted by atomic mass is 32.2. The molecule has 0 saturated carbocycles. The Kier molecular flexibility index (Phi) is 7.59. The minimum Gasteiger partial charge on any atom is -0.447 e. The zero-order chi connectivity index (χ0) is 23.5. The van der Waals surface area contributed by atoms with Crippen LogP contribution in [0.1, 0.15) is 64.9 Å². The molecule has 2 heterocycles. The number of benzene rings is 1. The maximum atomic E-state index is 13.3. The number of rotatable bonds is 6. The van der Waals surface area contributed by atoms with Gasteiger partial charge in [0.05, 0.1) is 21.9 Å². The number of piperidine rings is 1. The summed E-state index contributed by atoms with van der Waals surface area (Å²) in [4.78, 5) is 17.4. The molecule has 1 aliphatic heterocycles. The van der Waals surface area contributed by atoms with Crippen LogP contribution in [0.5, 0.6) is 0 Å². The van der Waals surface area contributed by atoms with Gasteiger partial charge in [-0.25, -0.2) is 22.9 Å². The molecule has 1 aromatic heterocycles. The van der Waals surface area contributed by atoms with E-state index in [4.69, 9.17) is 4.74 Å². The molecule has 3 rings (SSSR count). The lowest BCUT2D eigenvalue weighted by atomic mass is 10.1. The number of amides is 1. The van der Waals surface area contributed by atoms with Crippen molar-refractivity contribution in [2.75, 3.05) is 11.9 Å². The number of ether oxygens (including phenoxy) is 1. The van der Waals surface area contributed by atoms with Gasteiger partial charge in [-0.3, -0.25) is 5.32 Å². The van der Waals surface area contributed by atoms with Crippen LogP contribution in [0.2, 0.25) is 0 Å². The highest BCUT2D eigenvalue weighted by Gasteiger charge is 2.27. The van der Waals surface area contributed by atoms with Crippen LogP contribution in [0.4, 0.5) is 10.5 Å². The van der Waals surface area contributed by atoms with Crippen LogP contribution < -0.4 is 15.4 Å².